The van der Waals surface area contributed by atoms with Crippen molar-refractivity contribution in [2.24, 2.45) is 0 Å². The second-order valence-corrected chi connectivity index (χ2v) is 11.6. The minimum Gasteiger partial charge on any atom is -0.352 e. The molecule has 2 amide bonds. The zero-order valence-electron chi connectivity index (χ0n) is 23.1. The van der Waals surface area contributed by atoms with Crippen LogP contribution < -0.4 is 9.62 Å². The number of carbonyl (C=O) groups is 2. The fourth-order valence-electron chi connectivity index (χ4n) is 4.21. The van der Waals surface area contributed by atoms with Gasteiger partial charge < -0.3 is 10.2 Å². The first kappa shape index (κ1) is 32.1. The number of nitrogens with zero attached hydrogens (tertiary/aromatic N) is 2. The molecule has 0 bridgehead atoms. The van der Waals surface area contributed by atoms with Crippen LogP contribution in [0.1, 0.15) is 63.1 Å². The summed E-state index contributed by atoms with van der Waals surface area (Å²) >= 11 is 0. The number of carbonyl (C=O) groups excluding carboxylic acids is 2. The van der Waals surface area contributed by atoms with Gasteiger partial charge in [0.15, 0.2) is 0 Å². The molecule has 0 aliphatic carbocycles. The highest BCUT2D eigenvalue weighted by Gasteiger charge is 2.32. The summed E-state index contributed by atoms with van der Waals surface area (Å²) in [5.41, 5.74) is 0.754. The van der Waals surface area contributed by atoms with E-state index in [-0.39, 0.29) is 49.5 Å². The molecule has 216 valence electrons. The van der Waals surface area contributed by atoms with Crippen LogP contribution in [0.4, 0.5) is 18.9 Å². The Morgan fingerprint density at radius 1 is 1.03 bits per heavy atom. The Bertz CT molecular complexity index is 1230. The van der Waals surface area contributed by atoms with Crippen LogP contribution in [0.2, 0.25) is 0 Å². The quantitative estimate of drug-likeness (QED) is 0.356. The van der Waals surface area contributed by atoms with Crippen LogP contribution in [-0.4, -0.2) is 50.0 Å². The van der Waals surface area contributed by atoms with Crippen LogP contribution in [0.25, 0.3) is 0 Å². The van der Waals surface area contributed by atoms with Gasteiger partial charge in [0.2, 0.25) is 21.8 Å². The lowest BCUT2D eigenvalue weighted by Gasteiger charge is -2.32. The number of anilines is 1. The average molecular weight is 570 g/mol. The van der Waals surface area contributed by atoms with E-state index in [1.165, 1.54) is 11.0 Å². The van der Waals surface area contributed by atoms with Gasteiger partial charge >= 0.3 is 6.18 Å². The van der Waals surface area contributed by atoms with E-state index in [0.717, 1.165) is 46.3 Å². The molecule has 2 aromatic rings. The number of halogens is 3. The summed E-state index contributed by atoms with van der Waals surface area (Å²) in [5.74, 6) is -0.616. The Kier molecular flexibility index (Phi) is 11.4. The maximum absolute atomic E-state index is 13.5. The van der Waals surface area contributed by atoms with E-state index in [0.29, 0.717) is 6.42 Å². The van der Waals surface area contributed by atoms with Crippen molar-refractivity contribution in [3.63, 3.8) is 0 Å². The average Bonchev–Trinajstić information content (AvgIpc) is 2.85. The third kappa shape index (κ3) is 9.56. The van der Waals surface area contributed by atoms with Gasteiger partial charge in [-0.3, -0.25) is 13.9 Å². The number of sulfonamides is 1. The van der Waals surface area contributed by atoms with Crippen molar-refractivity contribution >= 4 is 27.5 Å². The molecule has 0 fully saturated rings. The fourth-order valence-corrected chi connectivity index (χ4v) is 5.17. The normalized spacial score (nSPS) is 13.4. The van der Waals surface area contributed by atoms with E-state index in [4.69, 9.17) is 0 Å². The SMILES string of the molecule is CC[C@@H](C)NC(=O)[C@@H](CC)N(Cc1cccc(C)c1)C(=O)CCCN(c1cccc(C(F)(F)F)c1)S(C)(=O)=O. The maximum Gasteiger partial charge on any atom is 0.416 e. The second-order valence-electron chi connectivity index (χ2n) is 9.74. The molecule has 2 aromatic carbocycles. The van der Waals surface area contributed by atoms with Crippen molar-refractivity contribution in [2.75, 3.05) is 17.1 Å². The number of alkyl halides is 3. The fraction of sp³-hybridized carbons (Fsp3) is 0.500. The molecule has 39 heavy (non-hydrogen) atoms. The summed E-state index contributed by atoms with van der Waals surface area (Å²) in [5, 5.41) is 2.93. The number of amides is 2. The van der Waals surface area contributed by atoms with Crippen LogP contribution in [0.5, 0.6) is 0 Å². The van der Waals surface area contributed by atoms with Gasteiger partial charge in [0.05, 0.1) is 17.5 Å². The predicted octanol–water partition coefficient (Wildman–Crippen LogP) is 5.28. The highest BCUT2D eigenvalue weighted by atomic mass is 32.2. The van der Waals surface area contributed by atoms with E-state index < -0.39 is 27.8 Å². The molecule has 7 nitrogen and oxygen atoms in total. The molecular formula is C28H38F3N3O4S. The van der Waals surface area contributed by atoms with Gasteiger partial charge in [-0.15, -0.1) is 0 Å². The standard InChI is InChI=1S/C28H38F3N3O4S/c1-6-21(4)32-27(36)25(7-2)33(19-22-12-8-11-20(3)17-22)26(35)15-10-16-34(39(5,37)38)24-14-9-13-23(18-24)28(29,30)31/h8-9,11-14,17-18,21,25H,6-7,10,15-16,19H2,1-5H3,(H,32,36)/t21-,25-/m1/s1. The Labute approximate surface area is 229 Å². The lowest BCUT2D eigenvalue weighted by molar-refractivity contribution is -0.141. The van der Waals surface area contributed by atoms with Gasteiger partial charge in [0.25, 0.3) is 0 Å². The minimum absolute atomic E-state index is 0.0515. The molecule has 0 aliphatic heterocycles. The minimum atomic E-state index is -4.63. The number of hydrogen-bond donors (Lipinski definition) is 1. The molecular weight excluding hydrogens is 531 g/mol. The molecule has 0 spiro atoms. The largest absolute Gasteiger partial charge is 0.416 e. The van der Waals surface area contributed by atoms with Crippen molar-refractivity contribution in [3.05, 3.63) is 65.2 Å². The van der Waals surface area contributed by atoms with Crippen molar-refractivity contribution in [1.82, 2.24) is 10.2 Å². The molecule has 1 N–H and O–H groups in total. The Balaban J connectivity index is 2.27. The van der Waals surface area contributed by atoms with Crippen LogP contribution in [0.15, 0.2) is 48.5 Å². The summed E-state index contributed by atoms with van der Waals surface area (Å²) in [7, 11) is -3.93. The molecule has 0 heterocycles. The molecule has 0 aromatic heterocycles. The third-order valence-corrected chi connectivity index (χ3v) is 7.63. The van der Waals surface area contributed by atoms with Crippen LogP contribution >= 0.6 is 0 Å². The number of hydrogen-bond acceptors (Lipinski definition) is 4. The van der Waals surface area contributed by atoms with Crippen LogP contribution in [0.3, 0.4) is 0 Å². The molecule has 0 saturated carbocycles. The zero-order valence-corrected chi connectivity index (χ0v) is 23.9. The first-order valence-electron chi connectivity index (χ1n) is 13.0. The van der Waals surface area contributed by atoms with E-state index >= 15 is 0 Å². The first-order valence-corrected chi connectivity index (χ1v) is 14.8. The molecule has 2 atom stereocenters. The van der Waals surface area contributed by atoms with Gasteiger partial charge in [0, 0.05) is 25.6 Å². The van der Waals surface area contributed by atoms with E-state index in [1.54, 1.807) is 0 Å². The number of aryl methyl sites for hydroxylation is 1. The van der Waals surface area contributed by atoms with Crippen LogP contribution in [0, 0.1) is 6.92 Å². The maximum atomic E-state index is 13.5. The van der Waals surface area contributed by atoms with Gasteiger partial charge in [-0.2, -0.15) is 13.2 Å². The zero-order chi connectivity index (χ0) is 29.4. The van der Waals surface area contributed by atoms with Gasteiger partial charge in [-0.25, -0.2) is 8.42 Å². The Morgan fingerprint density at radius 2 is 1.69 bits per heavy atom. The number of benzene rings is 2. The second kappa shape index (κ2) is 13.8. The first-order chi connectivity index (χ1) is 18.2. The molecule has 0 unspecified atom stereocenters. The summed E-state index contributed by atoms with van der Waals surface area (Å²) in [6.45, 7) is 7.56. The summed E-state index contributed by atoms with van der Waals surface area (Å²) < 4.78 is 65.4. The van der Waals surface area contributed by atoms with Gasteiger partial charge in [-0.05, 0) is 56.9 Å². The lowest BCUT2D eigenvalue weighted by atomic mass is 10.1. The predicted molar refractivity (Wildman–Crippen MR) is 147 cm³/mol. The highest BCUT2D eigenvalue weighted by molar-refractivity contribution is 7.92. The lowest BCUT2D eigenvalue weighted by Crippen LogP contribution is -2.50. The Morgan fingerprint density at radius 3 is 2.26 bits per heavy atom. The van der Waals surface area contributed by atoms with Crippen LogP contribution in [-0.2, 0) is 32.3 Å². The van der Waals surface area contributed by atoms with Crippen molar-refractivity contribution in [2.45, 2.75) is 78.2 Å². The van der Waals surface area contributed by atoms with Crippen molar-refractivity contribution in [1.29, 1.82) is 0 Å². The van der Waals surface area contributed by atoms with Crippen molar-refractivity contribution in [3.8, 4) is 0 Å². The van der Waals surface area contributed by atoms with E-state index in [9.17, 15) is 31.2 Å². The molecule has 11 heteroatoms. The molecule has 2 rings (SSSR count). The monoisotopic (exact) mass is 569 g/mol. The number of nitrogens with one attached hydrogen (secondary N) is 1. The summed E-state index contributed by atoms with van der Waals surface area (Å²) in [4.78, 5) is 28.1. The third-order valence-electron chi connectivity index (χ3n) is 6.44. The number of rotatable bonds is 13. The van der Waals surface area contributed by atoms with Crippen molar-refractivity contribution < 1.29 is 31.2 Å². The van der Waals surface area contributed by atoms with E-state index in [1.807, 2.05) is 52.0 Å². The molecule has 0 saturated heterocycles. The summed E-state index contributed by atoms with van der Waals surface area (Å²) in [6.07, 6.45) is -2.66. The van der Waals surface area contributed by atoms with E-state index in [2.05, 4.69) is 5.32 Å². The van der Waals surface area contributed by atoms with Gasteiger partial charge in [-0.1, -0.05) is 49.7 Å². The topological polar surface area (TPSA) is 86.8 Å². The van der Waals surface area contributed by atoms with Gasteiger partial charge in [0.1, 0.15) is 6.04 Å². The smallest absolute Gasteiger partial charge is 0.352 e. The molecule has 0 aliphatic rings. The highest BCUT2D eigenvalue weighted by Crippen LogP contribution is 2.32. The summed E-state index contributed by atoms with van der Waals surface area (Å²) in [6, 6.07) is 10.9. The Hall–Kier alpha value is -3.08. The molecule has 0 radical (unpaired) electrons.